The first-order valence-electron chi connectivity index (χ1n) is 5.28. The fourth-order valence-corrected chi connectivity index (χ4v) is 1.43. The molecule has 1 aromatic carbocycles. The Labute approximate surface area is 99.1 Å². The van der Waals surface area contributed by atoms with Crippen LogP contribution in [0.1, 0.15) is 11.1 Å². The molecule has 0 bridgehead atoms. The van der Waals surface area contributed by atoms with E-state index in [1.165, 1.54) is 6.07 Å². The standard InChI is InChI=1S/C13H13FN2O/c1-9-6-11(2-3-12(9)14)17-13-7-10(8-15)4-5-16-13/h2-7H,8,15H2,1H3. The lowest BCUT2D eigenvalue weighted by Crippen LogP contribution is -1.97. The molecular formula is C13H13FN2O. The average Bonchev–Trinajstić information content (AvgIpc) is 2.34. The first-order chi connectivity index (χ1) is 8.19. The van der Waals surface area contributed by atoms with E-state index in [1.54, 1.807) is 31.3 Å². The molecule has 0 amide bonds. The van der Waals surface area contributed by atoms with Crippen molar-refractivity contribution in [3.63, 3.8) is 0 Å². The zero-order chi connectivity index (χ0) is 12.3. The lowest BCUT2D eigenvalue weighted by atomic mass is 10.2. The predicted molar refractivity (Wildman–Crippen MR) is 63.3 cm³/mol. The third kappa shape index (κ3) is 2.79. The van der Waals surface area contributed by atoms with Crippen molar-refractivity contribution in [2.75, 3.05) is 0 Å². The quantitative estimate of drug-likeness (QED) is 0.885. The minimum atomic E-state index is -0.249. The van der Waals surface area contributed by atoms with Crippen LogP contribution in [-0.2, 0) is 6.54 Å². The lowest BCUT2D eigenvalue weighted by Gasteiger charge is -2.06. The Kier molecular flexibility index (Phi) is 3.35. The van der Waals surface area contributed by atoms with E-state index < -0.39 is 0 Å². The van der Waals surface area contributed by atoms with Crippen molar-refractivity contribution in [1.82, 2.24) is 4.98 Å². The molecule has 2 rings (SSSR count). The molecule has 0 unspecified atom stereocenters. The minimum absolute atomic E-state index is 0.249. The second-order valence-corrected chi connectivity index (χ2v) is 3.72. The van der Waals surface area contributed by atoms with Crippen LogP contribution in [0.2, 0.25) is 0 Å². The van der Waals surface area contributed by atoms with E-state index in [4.69, 9.17) is 10.5 Å². The van der Waals surface area contributed by atoms with Crippen molar-refractivity contribution < 1.29 is 9.13 Å². The van der Waals surface area contributed by atoms with Gasteiger partial charge in [-0.15, -0.1) is 0 Å². The summed E-state index contributed by atoms with van der Waals surface area (Å²) < 4.78 is 18.6. The molecule has 88 valence electrons. The van der Waals surface area contributed by atoms with E-state index in [1.807, 2.05) is 6.07 Å². The summed E-state index contributed by atoms with van der Waals surface area (Å²) in [5.41, 5.74) is 7.00. The molecule has 3 nitrogen and oxygen atoms in total. The van der Waals surface area contributed by atoms with Gasteiger partial charge in [0, 0.05) is 18.8 Å². The predicted octanol–water partition coefficient (Wildman–Crippen LogP) is 2.78. The molecule has 0 spiro atoms. The maximum absolute atomic E-state index is 13.1. The molecule has 1 heterocycles. The molecule has 0 saturated carbocycles. The maximum Gasteiger partial charge on any atom is 0.219 e. The van der Waals surface area contributed by atoms with Crippen molar-refractivity contribution in [3.8, 4) is 11.6 Å². The highest BCUT2D eigenvalue weighted by Gasteiger charge is 2.02. The molecule has 4 heteroatoms. The Hall–Kier alpha value is -1.94. The number of ether oxygens (including phenoxy) is 1. The Balaban J connectivity index is 2.22. The van der Waals surface area contributed by atoms with Gasteiger partial charge in [-0.1, -0.05) is 0 Å². The summed E-state index contributed by atoms with van der Waals surface area (Å²) in [4.78, 5) is 4.06. The average molecular weight is 232 g/mol. The molecule has 0 atom stereocenters. The summed E-state index contributed by atoms with van der Waals surface area (Å²) in [7, 11) is 0. The molecule has 0 aliphatic rings. The highest BCUT2D eigenvalue weighted by atomic mass is 19.1. The van der Waals surface area contributed by atoms with Crippen LogP contribution in [0.25, 0.3) is 0 Å². The number of pyridine rings is 1. The van der Waals surface area contributed by atoms with E-state index in [-0.39, 0.29) is 5.82 Å². The monoisotopic (exact) mass is 232 g/mol. The normalized spacial score (nSPS) is 10.3. The fraction of sp³-hybridized carbons (Fsp3) is 0.154. The van der Waals surface area contributed by atoms with Crippen molar-refractivity contribution >= 4 is 0 Å². The van der Waals surface area contributed by atoms with Gasteiger partial charge in [0.25, 0.3) is 0 Å². The molecule has 2 aromatic rings. The molecule has 0 fully saturated rings. The third-order valence-electron chi connectivity index (χ3n) is 2.39. The van der Waals surface area contributed by atoms with E-state index in [0.29, 0.717) is 23.7 Å². The molecule has 0 radical (unpaired) electrons. The number of nitrogens with two attached hydrogens (primary N) is 1. The summed E-state index contributed by atoms with van der Waals surface area (Å²) in [6.07, 6.45) is 1.63. The van der Waals surface area contributed by atoms with Crippen LogP contribution in [0.15, 0.2) is 36.5 Å². The van der Waals surface area contributed by atoms with Gasteiger partial charge >= 0.3 is 0 Å². The lowest BCUT2D eigenvalue weighted by molar-refractivity contribution is 0.460. The minimum Gasteiger partial charge on any atom is -0.439 e. The van der Waals surface area contributed by atoms with Gasteiger partial charge in [-0.05, 0) is 42.3 Å². The number of aryl methyl sites for hydroxylation is 1. The molecular weight excluding hydrogens is 219 g/mol. The Morgan fingerprint density at radius 1 is 1.29 bits per heavy atom. The van der Waals surface area contributed by atoms with Gasteiger partial charge in [-0.3, -0.25) is 0 Å². The molecule has 2 N–H and O–H groups in total. The van der Waals surface area contributed by atoms with Gasteiger partial charge in [0.15, 0.2) is 0 Å². The zero-order valence-corrected chi connectivity index (χ0v) is 9.48. The zero-order valence-electron chi connectivity index (χ0n) is 9.48. The fourth-order valence-electron chi connectivity index (χ4n) is 1.43. The van der Waals surface area contributed by atoms with E-state index in [2.05, 4.69) is 4.98 Å². The van der Waals surface area contributed by atoms with E-state index in [0.717, 1.165) is 5.56 Å². The van der Waals surface area contributed by atoms with Crippen LogP contribution in [0, 0.1) is 12.7 Å². The van der Waals surface area contributed by atoms with Crippen LogP contribution in [0.4, 0.5) is 4.39 Å². The first kappa shape index (κ1) is 11.5. The van der Waals surface area contributed by atoms with E-state index in [9.17, 15) is 4.39 Å². The largest absolute Gasteiger partial charge is 0.439 e. The first-order valence-corrected chi connectivity index (χ1v) is 5.28. The molecule has 0 saturated heterocycles. The summed E-state index contributed by atoms with van der Waals surface area (Å²) in [6, 6.07) is 8.16. The molecule has 0 aliphatic carbocycles. The number of rotatable bonds is 3. The highest BCUT2D eigenvalue weighted by molar-refractivity contribution is 5.32. The number of halogens is 1. The van der Waals surface area contributed by atoms with Crippen LogP contribution in [-0.4, -0.2) is 4.98 Å². The van der Waals surface area contributed by atoms with Gasteiger partial charge in [-0.25, -0.2) is 9.37 Å². The molecule has 1 aromatic heterocycles. The van der Waals surface area contributed by atoms with E-state index >= 15 is 0 Å². The SMILES string of the molecule is Cc1cc(Oc2cc(CN)ccn2)ccc1F. The van der Waals surface area contributed by atoms with Crippen molar-refractivity contribution in [2.45, 2.75) is 13.5 Å². The van der Waals surface area contributed by atoms with Crippen molar-refractivity contribution in [2.24, 2.45) is 5.73 Å². The number of nitrogens with zero attached hydrogens (tertiary/aromatic N) is 1. The van der Waals surface area contributed by atoms with Gasteiger partial charge in [-0.2, -0.15) is 0 Å². The van der Waals surface area contributed by atoms with Gasteiger partial charge in [0.1, 0.15) is 11.6 Å². The second-order valence-electron chi connectivity index (χ2n) is 3.72. The third-order valence-corrected chi connectivity index (χ3v) is 2.39. The summed E-state index contributed by atoms with van der Waals surface area (Å²) in [6.45, 7) is 2.12. The topological polar surface area (TPSA) is 48.1 Å². The Bertz CT molecular complexity index is 529. The number of benzene rings is 1. The number of hydrogen-bond donors (Lipinski definition) is 1. The number of hydrogen-bond acceptors (Lipinski definition) is 3. The summed E-state index contributed by atoms with van der Waals surface area (Å²) >= 11 is 0. The summed E-state index contributed by atoms with van der Waals surface area (Å²) in [5, 5.41) is 0. The Morgan fingerprint density at radius 3 is 2.82 bits per heavy atom. The summed E-state index contributed by atoms with van der Waals surface area (Å²) in [5.74, 6) is 0.769. The van der Waals surface area contributed by atoms with Crippen LogP contribution >= 0.6 is 0 Å². The maximum atomic E-state index is 13.1. The van der Waals surface area contributed by atoms with Gasteiger partial charge < -0.3 is 10.5 Å². The smallest absolute Gasteiger partial charge is 0.219 e. The second kappa shape index (κ2) is 4.93. The Morgan fingerprint density at radius 2 is 2.12 bits per heavy atom. The van der Waals surface area contributed by atoms with Crippen LogP contribution in [0.5, 0.6) is 11.6 Å². The van der Waals surface area contributed by atoms with Gasteiger partial charge in [0.2, 0.25) is 5.88 Å². The molecule has 17 heavy (non-hydrogen) atoms. The molecule has 0 aliphatic heterocycles. The van der Waals surface area contributed by atoms with Crippen molar-refractivity contribution in [1.29, 1.82) is 0 Å². The van der Waals surface area contributed by atoms with Crippen LogP contribution < -0.4 is 10.5 Å². The number of aromatic nitrogens is 1. The van der Waals surface area contributed by atoms with Crippen LogP contribution in [0.3, 0.4) is 0 Å². The highest BCUT2D eigenvalue weighted by Crippen LogP contribution is 2.22. The van der Waals surface area contributed by atoms with Crippen molar-refractivity contribution in [3.05, 3.63) is 53.5 Å². The van der Waals surface area contributed by atoms with Gasteiger partial charge in [0.05, 0.1) is 0 Å².